The molecule has 0 aliphatic heterocycles. The molecule has 1 aromatic carbocycles. The number of para-hydroxylation sites is 1. The van der Waals surface area contributed by atoms with Crippen LogP contribution in [0.4, 0.5) is 0 Å². The first-order chi connectivity index (χ1) is 7.16. The molecule has 0 saturated heterocycles. The predicted molar refractivity (Wildman–Crippen MR) is 55.7 cm³/mol. The molecule has 78 valence electrons. The Morgan fingerprint density at radius 2 is 1.93 bits per heavy atom. The van der Waals surface area contributed by atoms with Crippen LogP contribution in [-0.4, -0.2) is 14.2 Å². The van der Waals surface area contributed by atoms with Crippen LogP contribution >= 0.6 is 0 Å². The van der Waals surface area contributed by atoms with Crippen molar-refractivity contribution in [1.29, 1.82) is 0 Å². The summed E-state index contributed by atoms with van der Waals surface area (Å²) in [6.07, 6.45) is 0. The molecule has 0 aliphatic rings. The van der Waals surface area contributed by atoms with Gasteiger partial charge in [-0.15, -0.1) is 0 Å². The standard InChI is InChI=1S/C10H10N2O3/c1-11-8-5-3-2-4-7(8)9(14)12(6-13)10(11)15/h2-5,13H,6H2,1H3. The van der Waals surface area contributed by atoms with Gasteiger partial charge in [-0.1, -0.05) is 12.1 Å². The van der Waals surface area contributed by atoms with E-state index in [1.807, 2.05) is 0 Å². The van der Waals surface area contributed by atoms with E-state index in [-0.39, 0.29) is 0 Å². The number of nitrogens with zero attached hydrogens (tertiary/aromatic N) is 2. The van der Waals surface area contributed by atoms with Gasteiger partial charge in [0.05, 0.1) is 10.9 Å². The molecule has 5 heteroatoms. The summed E-state index contributed by atoms with van der Waals surface area (Å²) in [5.74, 6) is 0. The highest BCUT2D eigenvalue weighted by Crippen LogP contribution is 2.05. The van der Waals surface area contributed by atoms with Crippen LogP contribution in [0.1, 0.15) is 0 Å². The Kier molecular flexibility index (Phi) is 2.17. The van der Waals surface area contributed by atoms with Crippen LogP contribution in [0, 0.1) is 0 Å². The third-order valence-electron chi connectivity index (χ3n) is 2.40. The van der Waals surface area contributed by atoms with Crippen molar-refractivity contribution in [2.24, 2.45) is 7.05 Å². The molecule has 0 radical (unpaired) electrons. The van der Waals surface area contributed by atoms with E-state index in [2.05, 4.69) is 0 Å². The first-order valence-electron chi connectivity index (χ1n) is 4.46. The highest BCUT2D eigenvalue weighted by Gasteiger charge is 2.08. The molecule has 1 aromatic heterocycles. The molecule has 0 atom stereocenters. The lowest BCUT2D eigenvalue weighted by molar-refractivity contribution is 0.199. The van der Waals surface area contributed by atoms with E-state index in [4.69, 9.17) is 5.11 Å². The molecule has 0 spiro atoms. The molecular formula is C10H10N2O3. The number of aliphatic hydroxyl groups excluding tert-OH is 1. The van der Waals surface area contributed by atoms with Crippen molar-refractivity contribution in [2.75, 3.05) is 0 Å². The van der Waals surface area contributed by atoms with Gasteiger partial charge in [0.1, 0.15) is 6.73 Å². The monoisotopic (exact) mass is 206 g/mol. The van der Waals surface area contributed by atoms with Gasteiger partial charge in [0, 0.05) is 7.05 Å². The first-order valence-corrected chi connectivity index (χ1v) is 4.46. The number of hydrogen-bond donors (Lipinski definition) is 1. The Bertz CT molecular complexity index is 625. The minimum atomic E-state index is -0.601. The maximum absolute atomic E-state index is 11.7. The van der Waals surface area contributed by atoms with Gasteiger partial charge in [-0.05, 0) is 12.1 Å². The number of aromatic nitrogens is 2. The largest absolute Gasteiger partial charge is 0.376 e. The quantitative estimate of drug-likeness (QED) is 0.693. The van der Waals surface area contributed by atoms with Gasteiger partial charge in [-0.2, -0.15) is 0 Å². The Balaban J connectivity index is 3.10. The first kappa shape index (κ1) is 9.67. The fourth-order valence-electron chi connectivity index (χ4n) is 1.59. The lowest BCUT2D eigenvalue weighted by atomic mass is 10.2. The summed E-state index contributed by atoms with van der Waals surface area (Å²) >= 11 is 0. The summed E-state index contributed by atoms with van der Waals surface area (Å²) in [7, 11) is 1.57. The molecule has 1 N–H and O–H groups in total. The van der Waals surface area contributed by atoms with E-state index in [1.54, 1.807) is 31.3 Å². The fraction of sp³-hybridized carbons (Fsp3) is 0.200. The third kappa shape index (κ3) is 1.28. The van der Waals surface area contributed by atoms with Crippen molar-refractivity contribution >= 4 is 10.9 Å². The van der Waals surface area contributed by atoms with E-state index in [1.165, 1.54) is 4.57 Å². The number of aryl methyl sites for hydroxylation is 1. The van der Waals surface area contributed by atoms with Crippen molar-refractivity contribution < 1.29 is 5.11 Å². The number of benzene rings is 1. The second kappa shape index (κ2) is 3.36. The SMILES string of the molecule is Cn1c(=O)n(CO)c(=O)c2ccccc21. The third-order valence-corrected chi connectivity index (χ3v) is 2.40. The van der Waals surface area contributed by atoms with Gasteiger partial charge < -0.3 is 5.11 Å². The molecule has 2 aromatic rings. The molecule has 0 fully saturated rings. The van der Waals surface area contributed by atoms with Gasteiger partial charge in [-0.25, -0.2) is 9.36 Å². The molecule has 2 rings (SSSR count). The predicted octanol–water partition coefficient (Wildman–Crippen LogP) is -0.350. The maximum atomic E-state index is 11.7. The van der Waals surface area contributed by atoms with E-state index < -0.39 is 18.0 Å². The second-order valence-corrected chi connectivity index (χ2v) is 3.23. The summed E-state index contributed by atoms with van der Waals surface area (Å²) in [5, 5.41) is 9.36. The van der Waals surface area contributed by atoms with Crippen molar-refractivity contribution in [1.82, 2.24) is 9.13 Å². The Morgan fingerprint density at radius 1 is 1.27 bits per heavy atom. The zero-order valence-corrected chi connectivity index (χ0v) is 8.17. The van der Waals surface area contributed by atoms with Crippen molar-refractivity contribution in [3.63, 3.8) is 0 Å². The van der Waals surface area contributed by atoms with Gasteiger partial charge in [0.15, 0.2) is 0 Å². The van der Waals surface area contributed by atoms with Crippen molar-refractivity contribution in [2.45, 2.75) is 6.73 Å². The van der Waals surface area contributed by atoms with Crippen LogP contribution < -0.4 is 11.2 Å². The molecule has 15 heavy (non-hydrogen) atoms. The lowest BCUT2D eigenvalue weighted by Crippen LogP contribution is -2.39. The fourth-order valence-corrected chi connectivity index (χ4v) is 1.59. The second-order valence-electron chi connectivity index (χ2n) is 3.23. The molecular weight excluding hydrogens is 196 g/mol. The summed E-state index contributed by atoms with van der Waals surface area (Å²) in [6.45, 7) is -0.601. The smallest absolute Gasteiger partial charge is 0.333 e. The average molecular weight is 206 g/mol. The van der Waals surface area contributed by atoms with Gasteiger partial charge in [0.25, 0.3) is 5.56 Å². The van der Waals surface area contributed by atoms with Gasteiger partial charge in [-0.3, -0.25) is 9.36 Å². The van der Waals surface area contributed by atoms with Crippen LogP contribution in [0.15, 0.2) is 33.9 Å². The zero-order valence-electron chi connectivity index (χ0n) is 8.17. The minimum absolute atomic E-state index is 0.425. The van der Waals surface area contributed by atoms with Crippen LogP contribution in [0.2, 0.25) is 0 Å². The Morgan fingerprint density at radius 3 is 2.60 bits per heavy atom. The molecule has 0 unspecified atom stereocenters. The Hall–Kier alpha value is -1.88. The zero-order chi connectivity index (χ0) is 11.0. The number of hydrogen-bond acceptors (Lipinski definition) is 3. The highest BCUT2D eigenvalue weighted by molar-refractivity contribution is 5.77. The number of rotatable bonds is 1. The molecule has 5 nitrogen and oxygen atoms in total. The molecule has 0 bridgehead atoms. The Labute approximate surface area is 84.8 Å². The maximum Gasteiger partial charge on any atom is 0.333 e. The average Bonchev–Trinajstić information content (AvgIpc) is 2.27. The lowest BCUT2D eigenvalue weighted by Gasteiger charge is -2.07. The molecule has 1 heterocycles. The van der Waals surface area contributed by atoms with Crippen LogP contribution in [-0.2, 0) is 13.8 Å². The number of aliphatic hydroxyl groups is 1. The van der Waals surface area contributed by atoms with E-state index in [0.717, 1.165) is 4.57 Å². The van der Waals surface area contributed by atoms with Gasteiger partial charge >= 0.3 is 5.69 Å². The summed E-state index contributed by atoms with van der Waals surface area (Å²) in [6, 6.07) is 6.80. The normalized spacial score (nSPS) is 10.8. The van der Waals surface area contributed by atoms with Gasteiger partial charge in [0.2, 0.25) is 0 Å². The van der Waals surface area contributed by atoms with Crippen LogP contribution in [0.5, 0.6) is 0 Å². The number of fused-ring (bicyclic) bond motifs is 1. The van der Waals surface area contributed by atoms with E-state index in [0.29, 0.717) is 10.9 Å². The topological polar surface area (TPSA) is 64.2 Å². The molecule has 0 amide bonds. The summed E-state index contributed by atoms with van der Waals surface area (Å²) in [4.78, 5) is 23.3. The van der Waals surface area contributed by atoms with E-state index in [9.17, 15) is 9.59 Å². The van der Waals surface area contributed by atoms with Crippen LogP contribution in [0.25, 0.3) is 10.9 Å². The van der Waals surface area contributed by atoms with Crippen molar-refractivity contribution in [3.8, 4) is 0 Å². The summed E-state index contributed by atoms with van der Waals surface area (Å²) < 4.78 is 2.13. The summed E-state index contributed by atoms with van der Waals surface area (Å²) in [5.41, 5.74) is -0.408. The van der Waals surface area contributed by atoms with Crippen molar-refractivity contribution in [3.05, 3.63) is 45.1 Å². The van der Waals surface area contributed by atoms with E-state index >= 15 is 0 Å². The minimum Gasteiger partial charge on any atom is -0.376 e. The molecule has 0 aliphatic carbocycles. The highest BCUT2D eigenvalue weighted by atomic mass is 16.3. The van der Waals surface area contributed by atoms with Crippen LogP contribution in [0.3, 0.4) is 0 Å². The molecule has 0 saturated carbocycles.